The number of likely N-dealkylation sites (tertiary alicyclic amines) is 1. The number of carbonyl (C=O) groups is 2. The van der Waals surface area contributed by atoms with Gasteiger partial charge in [0.15, 0.2) is 0 Å². The van der Waals surface area contributed by atoms with Gasteiger partial charge in [-0.05, 0) is 70.4 Å². The number of unbranched alkanes of at least 4 members (excludes halogenated alkanes) is 1. The van der Waals surface area contributed by atoms with Crippen LogP contribution >= 0.6 is 0 Å². The van der Waals surface area contributed by atoms with E-state index in [1.165, 1.54) is 5.56 Å². The summed E-state index contributed by atoms with van der Waals surface area (Å²) in [6.45, 7) is 10.9. The summed E-state index contributed by atoms with van der Waals surface area (Å²) in [6.07, 6.45) is 5.92. The number of rotatable bonds is 8. The zero-order chi connectivity index (χ0) is 26.7. The summed E-state index contributed by atoms with van der Waals surface area (Å²) >= 11 is 0. The minimum absolute atomic E-state index is 0.0502. The second kappa shape index (κ2) is 11.6. The number of piperazine rings is 1. The normalized spacial score (nSPS) is 22.7. The quantitative estimate of drug-likeness (QED) is 0.572. The first-order valence-electron chi connectivity index (χ1n) is 14.5. The van der Waals surface area contributed by atoms with E-state index in [4.69, 9.17) is 9.84 Å². The van der Waals surface area contributed by atoms with Gasteiger partial charge in [-0.3, -0.25) is 14.5 Å². The van der Waals surface area contributed by atoms with E-state index in [0.29, 0.717) is 25.3 Å². The van der Waals surface area contributed by atoms with Gasteiger partial charge in [0.25, 0.3) is 0 Å². The Morgan fingerprint density at radius 1 is 1.08 bits per heavy atom. The molecule has 1 atom stereocenters. The average molecular weight is 522 g/mol. The van der Waals surface area contributed by atoms with Crippen LogP contribution in [0.5, 0.6) is 0 Å². The molecule has 0 bridgehead atoms. The van der Waals surface area contributed by atoms with Crippen molar-refractivity contribution in [1.29, 1.82) is 0 Å². The first-order chi connectivity index (χ1) is 18.4. The summed E-state index contributed by atoms with van der Waals surface area (Å²) in [5.74, 6) is 0.605. The lowest BCUT2D eigenvalue weighted by atomic mass is 9.80. The first kappa shape index (κ1) is 26.9. The monoisotopic (exact) mass is 521 g/mol. The second-order valence-corrected chi connectivity index (χ2v) is 11.4. The number of aromatic nitrogens is 2. The molecule has 3 saturated heterocycles. The summed E-state index contributed by atoms with van der Waals surface area (Å²) < 4.78 is 7.52. The Morgan fingerprint density at radius 3 is 2.47 bits per heavy atom. The van der Waals surface area contributed by atoms with E-state index in [2.05, 4.69) is 43.1 Å². The highest BCUT2D eigenvalue weighted by Crippen LogP contribution is 2.36. The molecule has 0 saturated carbocycles. The number of piperidine rings is 1. The van der Waals surface area contributed by atoms with Crippen molar-refractivity contribution in [2.45, 2.75) is 83.8 Å². The van der Waals surface area contributed by atoms with E-state index in [9.17, 15) is 9.59 Å². The van der Waals surface area contributed by atoms with Crippen molar-refractivity contribution in [2.24, 2.45) is 5.92 Å². The molecule has 0 aliphatic carbocycles. The molecule has 4 heterocycles. The summed E-state index contributed by atoms with van der Waals surface area (Å²) in [5, 5.41) is 8.00. The Bertz CT molecular complexity index is 1120. The van der Waals surface area contributed by atoms with E-state index in [1.807, 2.05) is 27.8 Å². The summed E-state index contributed by atoms with van der Waals surface area (Å²) in [4.78, 5) is 31.9. The Balaban J connectivity index is 1.28. The van der Waals surface area contributed by atoms with Gasteiger partial charge >= 0.3 is 0 Å². The molecule has 3 aliphatic heterocycles. The van der Waals surface area contributed by atoms with Gasteiger partial charge in [0, 0.05) is 50.7 Å². The Morgan fingerprint density at radius 2 is 1.79 bits per heavy atom. The van der Waals surface area contributed by atoms with Crippen LogP contribution < -0.4 is 5.32 Å². The molecule has 2 amide bonds. The Labute approximate surface area is 226 Å². The predicted molar refractivity (Wildman–Crippen MR) is 147 cm³/mol. The summed E-state index contributed by atoms with van der Waals surface area (Å²) in [5.41, 5.74) is 3.77. The lowest BCUT2D eigenvalue weighted by molar-refractivity contribution is -0.162. The number of benzene rings is 1. The van der Waals surface area contributed by atoms with Crippen LogP contribution in [0.15, 0.2) is 30.3 Å². The van der Waals surface area contributed by atoms with Crippen LogP contribution in [0.2, 0.25) is 0 Å². The van der Waals surface area contributed by atoms with Crippen LogP contribution in [0.4, 0.5) is 0 Å². The van der Waals surface area contributed by atoms with Crippen molar-refractivity contribution in [3.8, 4) is 5.69 Å². The fourth-order valence-corrected chi connectivity index (χ4v) is 6.52. The number of nitrogens with one attached hydrogen (secondary N) is 1. The van der Waals surface area contributed by atoms with Crippen molar-refractivity contribution >= 4 is 11.8 Å². The lowest BCUT2D eigenvalue weighted by Gasteiger charge is -2.52. The number of nitrogens with zero attached hydrogens (tertiary/aromatic N) is 4. The highest BCUT2D eigenvalue weighted by Gasteiger charge is 2.53. The van der Waals surface area contributed by atoms with Crippen LogP contribution in [-0.4, -0.2) is 75.8 Å². The zero-order valence-corrected chi connectivity index (χ0v) is 23.2. The molecule has 3 fully saturated rings. The van der Waals surface area contributed by atoms with Gasteiger partial charge in [0.1, 0.15) is 11.6 Å². The topological polar surface area (TPSA) is 79.7 Å². The number of aryl methyl sites for hydroxylation is 1. The van der Waals surface area contributed by atoms with Crippen molar-refractivity contribution in [1.82, 2.24) is 24.9 Å². The maximum Gasteiger partial charge on any atom is 0.246 e. The molecule has 5 rings (SSSR count). The number of para-hydroxylation sites is 1. The van der Waals surface area contributed by atoms with Gasteiger partial charge in [-0.1, -0.05) is 31.5 Å². The van der Waals surface area contributed by atoms with E-state index < -0.39 is 11.6 Å². The van der Waals surface area contributed by atoms with Crippen LogP contribution in [0.1, 0.15) is 68.8 Å². The highest BCUT2D eigenvalue weighted by molar-refractivity contribution is 6.00. The van der Waals surface area contributed by atoms with Gasteiger partial charge in [0.05, 0.1) is 11.4 Å². The van der Waals surface area contributed by atoms with Crippen molar-refractivity contribution in [3.05, 3.63) is 47.3 Å². The van der Waals surface area contributed by atoms with Crippen LogP contribution in [0.25, 0.3) is 5.69 Å². The van der Waals surface area contributed by atoms with Gasteiger partial charge < -0.3 is 15.0 Å². The molecule has 8 heteroatoms. The predicted octanol–water partition coefficient (Wildman–Crippen LogP) is 3.77. The van der Waals surface area contributed by atoms with Crippen LogP contribution in [0.3, 0.4) is 0 Å². The van der Waals surface area contributed by atoms with E-state index in [-0.39, 0.29) is 11.8 Å². The third kappa shape index (κ3) is 5.25. The number of carbonyl (C=O) groups excluding carboxylic acids is 2. The fourth-order valence-electron chi connectivity index (χ4n) is 6.52. The van der Waals surface area contributed by atoms with Gasteiger partial charge in [0.2, 0.25) is 11.8 Å². The molecule has 1 aromatic heterocycles. The number of hydrogen-bond acceptors (Lipinski definition) is 5. The van der Waals surface area contributed by atoms with E-state index in [1.54, 1.807) is 0 Å². The van der Waals surface area contributed by atoms with Crippen LogP contribution in [0, 0.1) is 19.8 Å². The molecule has 38 heavy (non-hydrogen) atoms. The Hall–Kier alpha value is -2.71. The summed E-state index contributed by atoms with van der Waals surface area (Å²) in [7, 11) is 0. The van der Waals surface area contributed by atoms with Gasteiger partial charge in [-0.2, -0.15) is 5.10 Å². The second-order valence-electron chi connectivity index (χ2n) is 11.4. The van der Waals surface area contributed by atoms with Crippen molar-refractivity contribution < 1.29 is 14.3 Å². The molecule has 1 unspecified atom stereocenters. The molecule has 1 spiro atoms. The van der Waals surface area contributed by atoms with Crippen molar-refractivity contribution in [3.63, 3.8) is 0 Å². The SMILES string of the molecule is CCCCN1C(=O)C(CC2CCOCC2)NC(=O)C12CCN(Cc1c(C)nn(-c3ccccc3)c1C)CC2. The molecular formula is C30H43N5O3. The Kier molecular flexibility index (Phi) is 8.19. The molecule has 2 aromatic rings. The third-order valence-corrected chi connectivity index (χ3v) is 8.96. The number of ether oxygens (including phenoxy) is 1. The fraction of sp³-hybridized carbons (Fsp3) is 0.633. The summed E-state index contributed by atoms with van der Waals surface area (Å²) in [6, 6.07) is 9.83. The third-order valence-electron chi connectivity index (χ3n) is 8.96. The molecule has 1 N–H and O–H groups in total. The standard InChI is InChI=1S/C30H43N5O3/c1-4-5-15-34-28(36)27(20-24-11-18-38-19-12-24)31-29(37)30(34)13-16-33(17-14-30)21-26-22(2)32-35(23(26)3)25-9-7-6-8-10-25/h6-10,24,27H,4-5,11-21H2,1-3H3,(H,31,37). The van der Waals surface area contributed by atoms with Crippen molar-refractivity contribution in [2.75, 3.05) is 32.8 Å². The number of hydrogen-bond donors (Lipinski definition) is 1. The minimum atomic E-state index is -0.729. The lowest BCUT2D eigenvalue weighted by Crippen LogP contribution is -2.73. The molecular weight excluding hydrogens is 478 g/mol. The van der Waals surface area contributed by atoms with Gasteiger partial charge in [-0.15, -0.1) is 0 Å². The minimum Gasteiger partial charge on any atom is -0.381 e. The average Bonchev–Trinajstić information content (AvgIpc) is 3.22. The van der Waals surface area contributed by atoms with E-state index in [0.717, 1.165) is 82.0 Å². The molecule has 3 aliphatic rings. The van der Waals surface area contributed by atoms with Gasteiger partial charge in [-0.25, -0.2) is 4.68 Å². The first-order valence-corrected chi connectivity index (χ1v) is 14.5. The molecule has 0 radical (unpaired) electrons. The largest absolute Gasteiger partial charge is 0.381 e. The maximum atomic E-state index is 13.8. The maximum absolute atomic E-state index is 13.8. The smallest absolute Gasteiger partial charge is 0.246 e. The van der Waals surface area contributed by atoms with E-state index >= 15 is 0 Å². The number of amides is 2. The molecule has 1 aromatic carbocycles. The van der Waals surface area contributed by atoms with Crippen LogP contribution in [-0.2, 0) is 20.9 Å². The molecule has 206 valence electrons. The zero-order valence-electron chi connectivity index (χ0n) is 23.2. The molecule has 8 nitrogen and oxygen atoms in total. The highest BCUT2D eigenvalue weighted by atomic mass is 16.5.